The standard InChI is InChI=1S/C42H26S2/c1-3-7-39-35(5-1)37-25-23-33(27-41(37)43-39)21-19-31-15-11-29(12-16-31)9-10-30-13-17-32(18-14-30)20-22-34-24-26-38-36-6-2-4-8-40(36)44-42(38)28-34/h1-8,11-28H/b21-19+,22-20+. The molecule has 0 saturated heterocycles. The summed E-state index contributed by atoms with van der Waals surface area (Å²) in [5, 5.41) is 5.34. The van der Waals surface area contributed by atoms with Crippen LogP contribution in [0.15, 0.2) is 133 Å². The Labute approximate surface area is 264 Å². The quantitative estimate of drug-likeness (QED) is 0.140. The number of hydrogen-bond donors (Lipinski definition) is 0. The Hall–Kier alpha value is -5.20. The van der Waals surface area contributed by atoms with Crippen LogP contribution in [0.4, 0.5) is 0 Å². The first-order valence-corrected chi connectivity index (χ1v) is 16.3. The molecule has 0 amide bonds. The third-order valence-electron chi connectivity index (χ3n) is 7.91. The molecule has 2 aromatic heterocycles. The molecule has 0 spiro atoms. The maximum Gasteiger partial charge on any atom is 0.0361 e. The van der Waals surface area contributed by atoms with Crippen LogP contribution >= 0.6 is 22.7 Å². The predicted octanol–water partition coefficient (Wildman–Crippen LogP) is 12.2. The van der Waals surface area contributed by atoms with Gasteiger partial charge in [0.15, 0.2) is 0 Å². The molecule has 6 aromatic carbocycles. The van der Waals surface area contributed by atoms with E-state index in [2.05, 4.69) is 170 Å². The molecule has 0 N–H and O–H groups in total. The normalized spacial score (nSPS) is 11.7. The van der Waals surface area contributed by atoms with Crippen molar-refractivity contribution in [2.45, 2.75) is 0 Å². The number of fused-ring (bicyclic) bond motifs is 6. The minimum absolute atomic E-state index is 1.01. The summed E-state index contributed by atoms with van der Waals surface area (Å²) in [6, 6.07) is 47.5. The zero-order valence-corrected chi connectivity index (χ0v) is 25.5. The van der Waals surface area contributed by atoms with Crippen LogP contribution in [0.5, 0.6) is 0 Å². The lowest BCUT2D eigenvalue weighted by molar-refractivity contribution is 1.59. The molecule has 0 aliphatic heterocycles. The van der Waals surface area contributed by atoms with E-state index in [1.54, 1.807) is 0 Å². The van der Waals surface area contributed by atoms with Crippen molar-refractivity contribution in [1.82, 2.24) is 0 Å². The van der Waals surface area contributed by atoms with Crippen molar-refractivity contribution in [1.29, 1.82) is 0 Å². The first kappa shape index (κ1) is 26.4. The maximum atomic E-state index is 3.31. The van der Waals surface area contributed by atoms with Crippen molar-refractivity contribution in [3.05, 3.63) is 167 Å². The van der Waals surface area contributed by atoms with Gasteiger partial charge in [-0.2, -0.15) is 0 Å². The molecule has 0 nitrogen and oxygen atoms in total. The molecule has 44 heavy (non-hydrogen) atoms. The third-order valence-corrected chi connectivity index (χ3v) is 10.2. The van der Waals surface area contributed by atoms with Crippen molar-refractivity contribution in [2.24, 2.45) is 0 Å². The van der Waals surface area contributed by atoms with Gasteiger partial charge in [0.2, 0.25) is 0 Å². The van der Waals surface area contributed by atoms with E-state index in [-0.39, 0.29) is 0 Å². The van der Waals surface area contributed by atoms with E-state index in [0.717, 1.165) is 22.3 Å². The van der Waals surface area contributed by atoms with Gasteiger partial charge < -0.3 is 0 Å². The second-order valence-electron chi connectivity index (χ2n) is 10.9. The van der Waals surface area contributed by atoms with Crippen LogP contribution in [-0.2, 0) is 0 Å². The average Bonchev–Trinajstić information content (AvgIpc) is 3.64. The highest BCUT2D eigenvalue weighted by Gasteiger charge is 2.05. The SMILES string of the molecule is C(#Cc1ccc(/C=C/c2ccc3c(c2)sc2ccccc23)cc1)c1ccc(/C=C/c2ccc3c(c2)sc2ccccc23)cc1. The van der Waals surface area contributed by atoms with Crippen LogP contribution in [-0.4, -0.2) is 0 Å². The molecule has 0 fully saturated rings. The van der Waals surface area contributed by atoms with Crippen LogP contribution in [0.2, 0.25) is 0 Å². The Balaban J connectivity index is 0.922. The molecular formula is C42H26S2. The minimum atomic E-state index is 1.01. The lowest BCUT2D eigenvalue weighted by Crippen LogP contribution is -1.79. The van der Waals surface area contributed by atoms with E-state index < -0.39 is 0 Å². The van der Waals surface area contributed by atoms with Crippen molar-refractivity contribution in [2.75, 3.05) is 0 Å². The van der Waals surface area contributed by atoms with Crippen LogP contribution in [0.25, 0.3) is 64.6 Å². The van der Waals surface area contributed by atoms with Crippen molar-refractivity contribution < 1.29 is 0 Å². The Morgan fingerprint density at radius 3 is 1.16 bits per heavy atom. The smallest absolute Gasteiger partial charge is 0.0361 e. The summed E-state index contributed by atoms with van der Waals surface area (Å²) >= 11 is 3.71. The first-order chi connectivity index (χ1) is 21.7. The van der Waals surface area contributed by atoms with Crippen LogP contribution in [0.3, 0.4) is 0 Å². The lowest BCUT2D eigenvalue weighted by Gasteiger charge is -1.98. The van der Waals surface area contributed by atoms with Crippen LogP contribution in [0.1, 0.15) is 33.4 Å². The fourth-order valence-electron chi connectivity index (χ4n) is 5.58. The summed E-state index contributed by atoms with van der Waals surface area (Å²) in [7, 11) is 0. The molecular weight excluding hydrogens is 569 g/mol. The van der Waals surface area contributed by atoms with E-state index in [4.69, 9.17) is 0 Å². The van der Waals surface area contributed by atoms with E-state index in [9.17, 15) is 0 Å². The third kappa shape index (κ3) is 5.36. The first-order valence-electron chi connectivity index (χ1n) is 14.7. The van der Waals surface area contributed by atoms with Gasteiger partial charge in [0, 0.05) is 51.5 Å². The highest BCUT2D eigenvalue weighted by molar-refractivity contribution is 7.26. The topological polar surface area (TPSA) is 0 Å². The van der Waals surface area contributed by atoms with Gasteiger partial charge in [-0.3, -0.25) is 0 Å². The van der Waals surface area contributed by atoms with Gasteiger partial charge in [-0.25, -0.2) is 0 Å². The van der Waals surface area contributed by atoms with Crippen LogP contribution in [0, 0.1) is 11.8 Å². The summed E-state index contributed by atoms with van der Waals surface area (Å²) in [4.78, 5) is 0. The molecule has 2 heteroatoms. The second kappa shape index (κ2) is 11.5. The van der Waals surface area contributed by atoms with Gasteiger partial charge in [-0.05, 0) is 70.8 Å². The van der Waals surface area contributed by atoms with Gasteiger partial charge in [0.25, 0.3) is 0 Å². The highest BCUT2D eigenvalue weighted by Crippen LogP contribution is 2.35. The summed E-state index contributed by atoms with van der Waals surface area (Å²) in [6.45, 7) is 0. The van der Waals surface area contributed by atoms with Crippen molar-refractivity contribution in [3.8, 4) is 11.8 Å². The number of rotatable bonds is 4. The predicted molar refractivity (Wildman–Crippen MR) is 195 cm³/mol. The van der Waals surface area contributed by atoms with Crippen molar-refractivity contribution >= 4 is 87.3 Å². The number of thiophene rings is 2. The number of hydrogen-bond acceptors (Lipinski definition) is 2. The summed E-state index contributed by atoms with van der Waals surface area (Å²) in [6.07, 6.45) is 8.70. The lowest BCUT2D eigenvalue weighted by atomic mass is 10.1. The largest absolute Gasteiger partial charge is 0.135 e. The summed E-state index contributed by atoms with van der Waals surface area (Å²) < 4.78 is 5.33. The van der Waals surface area contributed by atoms with Gasteiger partial charge in [-0.1, -0.05) is 121 Å². The fraction of sp³-hybridized carbons (Fsp3) is 0. The Kier molecular flexibility index (Phi) is 6.89. The molecule has 206 valence electrons. The molecule has 8 rings (SSSR count). The average molecular weight is 595 g/mol. The van der Waals surface area contributed by atoms with Gasteiger partial charge in [-0.15, -0.1) is 22.7 Å². The Morgan fingerprint density at radius 1 is 0.341 bits per heavy atom. The van der Waals surface area contributed by atoms with E-state index in [0.29, 0.717) is 0 Å². The monoisotopic (exact) mass is 594 g/mol. The highest BCUT2D eigenvalue weighted by atomic mass is 32.1. The molecule has 8 aromatic rings. The molecule has 0 atom stereocenters. The molecule has 0 aliphatic carbocycles. The fourth-order valence-corrected chi connectivity index (χ4v) is 7.89. The Bertz CT molecular complexity index is 2250. The maximum absolute atomic E-state index is 3.31. The zero-order chi connectivity index (χ0) is 29.3. The van der Waals surface area contributed by atoms with Gasteiger partial charge in [0.05, 0.1) is 0 Å². The molecule has 0 aliphatic rings. The van der Waals surface area contributed by atoms with Crippen molar-refractivity contribution in [3.63, 3.8) is 0 Å². The zero-order valence-electron chi connectivity index (χ0n) is 23.8. The molecule has 0 unspecified atom stereocenters. The minimum Gasteiger partial charge on any atom is -0.135 e. The molecule has 0 bridgehead atoms. The summed E-state index contributed by atoms with van der Waals surface area (Å²) in [5.74, 6) is 6.62. The van der Waals surface area contributed by atoms with Gasteiger partial charge >= 0.3 is 0 Å². The molecule has 0 saturated carbocycles. The summed E-state index contributed by atoms with van der Waals surface area (Å²) in [5.41, 5.74) is 6.76. The van der Waals surface area contributed by atoms with E-state index >= 15 is 0 Å². The number of benzene rings is 6. The molecule has 0 radical (unpaired) electrons. The van der Waals surface area contributed by atoms with Crippen LogP contribution < -0.4 is 0 Å². The second-order valence-corrected chi connectivity index (χ2v) is 13.0. The van der Waals surface area contributed by atoms with Gasteiger partial charge in [0.1, 0.15) is 0 Å². The van der Waals surface area contributed by atoms with E-state index in [1.165, 1.54) is 51.5 Å². The molecule has 2 heterocycles. The van der Waals surface area contributed by atoms with E-state index in [1.807, 2.05) is 22.7 Å². The Morgan fingerprint density at radius 2 is 0.705 bits per heavy atom.